The number of nitrogens with zero attached hydrogens (tertiary/aromatic N) is 1. The number of benzene rings is 3. The number of amides is 1. The number of fused-ring (bicyclic) bond motifs is 1. The van der Waals surface area contributed by atoms with E-state index in [9.17, 15) is 13.2 Å². The summed E-state index contributed by atoms with van der Waals surface area (Å²) in [6.45, 7) is -0.414. The van der Waals surface area contributed by atoms with Crippen LogP contribution < -0.4 is 14.4 Å². The van der Waals surface area contributed by atoms with Crippen molar-refractivity contribution < 1.29 is 17.9 Å². The summed E-state index contributed by atoms with van der Waals surface area (Å²) in [5.74, 6) is -0.184. The summed E-state index contributed by atoms with van der Waals surface area (Å²) in [4.78, 5) is 12.6. The molecule has 1 N–H and O–H groups in total. The molecule has 0 aromatic heterocycles. The molecule has 6 nitrogen and oxygen atoms in total. The normalized spacial score (nSPS) is 11.2. The lowest BCUT2D eigenvalue weighted by molar-refractivity contribution is -0.114. The van der Waals surface area contributed by atoms with Crippen molar-refractivity contribution in [3.05, 3.63) is 65.7 Å². The minimum atomic E-state index is -3.76. The number of hydrogen-bond acceptors (Lipinski definition) is 4. The van der Waals surface area contributed by atoms with E-state index < -0.39 is 22.5 Å². The van der Waals surface area contributed by atoms with Gasteiger partial charge in [0.25, 0.3) is 0 Å². The zero-order valence-corrected chi connectivity index (χ0v) is 16.9. The second kappa shape index (κ2) is 8.08. The molecule has 0 fully saturated rings. The fourth-order valence-electron chi connectivity index (χ4n) is 2.84. The highest BCUT2D eigenvalue weighted by Crippen LogP contribution is 2.32. The Morgan fingerprint density at radius 2 is 1.79 bits per heavy atom. The van der Waals surface area contributed by atoms with Crippen molar-refractivity contribution in [1.29, 1.82) is 0 Å². The molecule has 0 saturated carbocycles. The fraction of sp³-hybridized carbons (Fsp3) is 0.150. The van der Waals surface area contributed by atoms with E-state index in [-0.39, 0.29) is 5.69 Å². The second-order valence-corrected chi connectivity index (χ2v) is 8.54. The van der Waals surface area contributed by atoms with Gasteiger partial charge < -0.3 is 10.1 Å². The zero-order valence-electron chi connectivity index (χ0n) is 15.3. The average Bonchev–Trinajstić information content (AvgIpc) is 2.65. The van der Waals surface area contributed by atoms with Gasteiger partial charge in [-0.3, -0.25) is 9.10 Å². The standard InChI is InChI=1S/C20H19ClN2O4S/c1-27-19-10-8-16(21)12-18(19)23(28(2,25)26)13-20(24)22-17-9-7-14-5-3-4-6-15(14)11-17/h3-12H,13H2,1-2H3,(H,22,24). The first-order chi connectivity index (χ1) is 13.3. The number of carbonyl (C=O) groups excluding carboxylic acids is 1. The quantitative estimate of drug-likeness (QED) is 0.658. The molecule has 28 heavy (non-hydrogen) atoms. The van der Waals surface area contributed by atoms with E-state index in [1.54, 1.807) is 18.2 Å². The summed E-state index contributed by atoms with van der Waals surface area (Å²) in [7, 11) is -2.34. The molecule has 0 aliphatic heterocycles. The summed E-state index contributed by atoms with van der Waals surface area (Å²) in [6, 6.07) is 17.8. The predicted molar refractivity (Wildman–Crippen MR) is 113 cm³/mol. The molecule has 3 rings (SSSR count). The lowest BCUT2D eigenvalue weighted by atomic mass is 10.1. The van der Waals surface area contributed by atoms with Crippen LogP contribution in [0.15, 0.2) is 60.7 Å². The number of hydrogen-bond donors (Lipinski definition) is 1. The highest BCUT2D eigenvalue weighted by Gasteiger charge is 2.24. The lowest BCUT2D eigenvalue weighted by Crippen LogP contribution is -2.37. The third kappa shape index (κ3) is 4.55. The van der Waals surface area contributed by atoms with Crippen LogP contribution in [0.25, 0.3) is 10.8 Å². The van der Waals surface area contributed by atoms with Crippen LogP contribution in [0.3, 0.4) is 0 Å². The smallest absolute Gasteiger partial charge is 0.245 e. The molecule has 0 atom stereocenters. The van der Waals surface area contributed by atoms with Crippen LogP contribution >= 0.6 is 11.6 Å². The molecule has 1 amide bonds. The lowest BCUT2D eigenvalue weighted by Gasteiger charge is -2.24. The van der Waals surface area contributed by atoms with Crippen molar-refractivity contribution in [3.8, 4) is 5.75 Å². The van der Waals surface area contributed by atoms with E-state index in [1.807, 2.05) is 36.4 Å². The molecule has 146 valence electrons. The van der Waals surface area contributed by atoms with Crippen LogP contribution in [0, 0.1) is 0 Å². The number of anilines is 2. The molecule has 0 saturated heterocycles. The van der Waals surface area contributed by atoms with E-state index in [4.69, 9.17) is 16.3 Å². The molecule has 0 radical (unpaired) electrons. The van der Waals surface area contributed by atoms with Crippen LogP contribution in [-0.2, 0) is 14.8 Å². The molecule has 3 aromatic rings. The maximum absolute atomic E-state index is 12.6. The fourth-order valence-corrected chi connectivity index (χ4v) is 3.86. The highest BCUT2D eigenvalue weighted by molar-refractivity contribution is 7.92. The SMILES string of the molecule is COc1ccc(Cl)cc1N(CC(=O)Nc1ccc2ccccc2c1)S(C)(=O)=O. The third-order valence-electron chi connectivity index (χ3n) is 4.13. The first-order valence-electron chi connectivity index (χ1n) is 8.38. The van der Waals surface area contributed by atoms with E-state index in [1.165, 1.54) is 13.2 Å². The first kappa shape index (κ1) is 20.0. The molecule has 3 aromatic carbocycles. The van der Waals surface area contributed by atoms with E-state index in [0.717, 1.165) is 21.3 Å². The van der Waals surface area contributed by atoms with Crippen molar-refractivity contribution in [3.63, 3.8) is 0 Å². The van der Waals surface area contributed by atoms with Crippen LogP contribution in [0.5, 0.6) is 5.75 Å². The van der Waals surface area contributed by atoms with Gasteiger partial charge in [0.1, 0.15) is 12.3 Å². The second-order valence-electron chi connectivity index (χ2n) is 6.20. The molecule has 0 spiro atoms. The van der Waals surface area contributed by atoms with E-state index in [0.29, 0.717) is 16.5 Å². The Labute approximate surface area is 168 Å². The summed E-state index contributed by atoms with van der Waals surface area (Å²) >= 11 is 6.01. The monoisotopic (exact) mass is 418 g/mol. The van der Waals surface area contributed by atoms with Gasteiger partial charge in [-0.25, -0.2) is 8.42 Å². The van der Waals surface area contributed by atoms with Gasteiger partial charge in [0, 0.05) is 10.7 Å². The molecular weight excluding hydrogens is 400 g/mol. The summed E-state index contributed by atoms with van der Waals surface area (Å²) in [5.41, 5.74) is 0.779. The average molecular weight is 419 g/mol. The predicted octanol–water partition coefficient (Wildman–Crippen LogP) is 3.91. The van der Waals surface area contributed by atoms with Crippen LogP contribution in [0.1, 0.15) is 0 Å². The van der Waals surface area contributed by atoms with Gasteiger partial charge in [0.05, 0.1) is 19.1 Å². The first-order valence-corrected chi connectivity index (χ1v) is 10.6. The number of nitrogens with one attached hydrogen (secondary N) is 1. The number of ether oxygens (including phenoxy) is 1. The van der Waals surface area contributed by atoms with Crippen molar-refractivity contribution in [2.45, 2.75) is 0 Å². The van der Waals surface area contributed by atoms with Crippen molar-refractivity contribution in [1.82, 2.24) is 0 Å². The summed E-state index contributed by atoms with van der Waals surface area (Å²) in [6.07, 6.45) is 1.02. The van der Waals surface area contributed by atoms with Gasteiger partial charge >= 0.3 is 0 Å². The van der Waals surface area contributed by atoms with E-state index in [2.05, 4.69) is 5.32 Å². The Morgan fingerprint density at radius 1 is 1.07 bits per heavy atom. The topological polar surface area (TPSA) is 75.7 Å². The van der Waals surface area contributed by atoms with Crippen LogP contribution in [-0.4, -0.2) is 34.2 Å². The number of sulfonamides is 1. The van der Waals surface area contributed by atoms with Crippen molar-refractivity contribution in [2.24, 2.45) is 0 Å². The Balaban J connectivity index is 1.87. The maximum Gasteiger partial charge on any atom is 0.245 e. The largest absolute Gasteiger partial charge is 0.495 e. The minimum absolute atomic E-state index is 0.200. The number of carbonyl (C=O) groups is 1. The zero-order chi connectivity index (χ0) is 20.3. The molecule has 0 aliphatic rings. The van der Waals surface area contributed by atoms with Gasteiger partial charge in [0.2, 0.25) is 15.9 Å². The Hall–Kier alpha value is -2.77. The number of methoxy groups -OCH3 is 1. The Morgan fingerprint density at radius 3 is 2.46 bits per heavy atom. The maximum atomic E-state index is 12.6. The Kier molecular flexibility index (Phi) is 5.76. The van der Waals surface area contributed by atoms with E-state index >= 15 is 0 Å². The van der Waals surface area contributed by atoms with Gasteiger partial charge in [-0.1, -0.05) is 41.9 Å². The molecule has 0 aliphatic carbocycles. The van der Waals surface area contributed by atoms with Gasteiger partial charge in [-0.15, -0.1) is 0 Å². The third-order valence-corrected chi connectivity index (χ3v) is 5.49. The van der Waals surface area contributed by atoms with Crippen LogP contribution in [0.4, 0.5) is 11.4 Å². The minimum Gasteiger partial charge on any atom is -0.495 e. The van der Waals surface area contributed by atoms with Crippen molar-refractivity contribution >= 4 is 49.7 Å². The molecule has 0 heterocycles. The summed E-state index contributed by atoms with van der Waals surface area (Å²) < 4.78 is 30.8. The number of rotatable bonds is 6. The summed E-state index contributed by atoms with van der Waals surface area (Å²) in [5, 5.41) is 5.09. The van der Waals surface area contributed by atoms with Gasteiger partial charge in [-0.2, -0.15) is 0 Å². The number of halogens is 1. The van der Waals surface area contributed by atoms with Crippen LogP contribution in [0.2, 0.25) is 5.02 Å². The van der Waals surface area contributed by atoms with Gasteiger partial charge in [0.15, 0.2) is 0 Å². The van der Waals surface area contributed by atoms with Gasteiger partial charge in [-0.05, 0) is 41.1 Å². The molecule has 0 bridgehead atoms. The molecular formula is C20H19ClN2O4S. The Bertz CT molecular complexity index is 1130. The van der Waals surface area contributed by atoms with Crippen molar-refractivity contribution in [2.75, 3.05) is 29.5 Å². The molecule has 0 unspecified atom stereocenters. The highest BCUT2D eigenvalue weighted by atomic mass is 35.5. The molecule has 8 heteroatoms.